The third kappa shape index (κ3) is 4.30. The molecule has 0 N–H and O–H groups in total. The molecule has 142 valence electrons. The molecule has 0 aliphatic rings. The number of carbonyl (C=O) groups excluding carboxylic acids is 1. The molecule has 7 heteroatoms. The van der Waals surface area contributed by atoms with Crippen molar-refractivity contribution in [2.45, 2.75) is 20.3 Å². The first kappa shape index (κ1) is 19.8. The Hall–Kier alpha value is -1.99. The van der Waals surface area contributed by atoms with E-state index < -0.39 is 15.3 Å². The van der Waals surface area contributed by atoms with Gasteiger partial charge in [-0.1, -0.05) is 15.9 Å². The molecule has 2 aromatic heterocycles. The lowest BCUT2D eigenvalue weighted by atomic mass is 10.0. The summed E-state index contributed by atoms with van der Waals surface area (Å²) in [6.45, 7) is 3.75. The molecule has 0 radical (unpaired) electrons. The van der Waals surface area contributed by atoms with Crippen LogP contribution in [-0.2, 0) is 20.7 Å². The van der Waals surface area contributed by atoms with E-state index >= 15 is 0 Å². The monoisotopic (exact) mass is 450 g/mol. The maximum Gasteiger partial charge on any atom is 0.169 e. The summed E-state index contributed by atoms with van der Waals surface area (Å²) >= 11 is 3.30. The minimum Gasteiger partial charge on any atom is -0.303 e. The highest BCUT2D eigenvalue weighted by atomic mass is 79.9. The van der Waals surface area contributed by atoms with Crippen LogP contribution in [0, 0.1) is 19.7 Å². The van der Waals surface area contributed by atoms with Crippen molar-refractivity contribution in [2.75, 3.05) is 12.5 Å². The normalized spacial score (nSPS) is 11.8. The van der Waals surface area contributed by atoms with E-state index in [9.17, 15) is 13.4 Å². The molecule has 0 saturated heterocycles. The van der Waals surface area contributed by atoms with Gasteiger partial charge < -0.3 is 4.40 Å². The lowest BCUT2D eigenvalue weighted by Crippen LogP contribution is -2.13. The molecule has 0 aliphatic heterocycles. The van der Waals surface area contributed by atoms with Crippen molar-refractivity contribution in [3.63, 3.8) is 0 Å². The Morgan fingerprint density at radius 1 is 1.30 bits per heavy atom. The van der Waals surface area contributed by atoms with Crippen LogP contribution < -0.4 is 0 Å². The third-order valence-corrected chi connectivity index (χ3v) is 5.41. The fourth-order valence-corrected chi connectivity index (χ4v) is 4.35. The summed E-state index contributed by atoms with van der Waals surface area (Å²) in [5, 5.41) is 1.25. The molecule has 3 rings (SSSR count). The Bertz CT molecular complexity index is 1160. The van der Waals surface area contributed by atoms with Crippen LogP contribution in [0.5, 0.6) is 0 Å². The topological polar surface area (TPSA) is 51.4 Å². The Morgan fingerprint density at radius 3 is 2.63 bits per heavy atom. The van der Waals surface area contributed by atoms with Crippen molar-refractivity contribution in [1.29, 1.82) is 0 Å². The van der Waals surface area contributed by atoms with E-state index in [0.29, 0.717) is 27.1 Å². The van der Waals surface area contributed by atoms with Gasteiger partial charge in [0.05, 0.1) is 17.8 Å². The van der Waals surface area contributed by atoms with Gasteiger partial charge in [-0.15, -0.1) is 0 Å². The number of imidazole rings is 1. The Morgan fingerprint density at radius 2 is 2.00 bits per heavy atom. The van der Waals surface area contributed by atoms with Crippen molar-refractivity contribution in [2.24, 2.45) is 0 Å². The molecule has 0 bridgehead atoms. The molecular weight excluding hydrogens is 431 g/mol. The molecule has 0 aliphatic carbocycles. The zero-order valence-electron chi connectivity index (χ0n) is 15.5. The molecule has 0 unspecified atom stereocenters. The maximum atomic E-state index is 14.8. The van der Waals surface area contributed by atoms with Gasteiger partial charge in [0.15, 0.2) is 5.78 Å². The second-order valence-electron chi connectivity index (χ2n) is 6.99. The number of pyridine rings is 1. The van der Waals surface area contributed by atoms with Crippen molar-refractivity contribution in [1.82, 2.24) is 9.38 Å². The number of fused-ring (bicyclic) bond motifs is 1. The van der Waals surface area contributed by atoms with Gasteiger partial charge in [-0.3, -0.25) is 9.00 Å². The van der Waals surface area contributed by atoms with Gasteiger partial charge in [-0.05, 0) is 58.8 Å². The number of aromatic nitrogens is 2. The zero-order valence-corrected chi connectivity index (χ0v) is 17.9. The van der Waals surface area contributed by atoms with E-state index in [2.05, 4.69) is 20.9 Å². The summed E-state index contributed by atoms with van der Waals surface area (Å²) in [6, 6.07) is 7.00. The SMILES string of the molecule is Cc1ccn2c(CC(=O)C=S(C)(C)=O)c(-c3c(C)cc(Br)cc3F)nc2c1. The molecular formula is C20H20BrFN2O2S. The zero-order chi connectivity index (χ0) is 19.9. The van der Waals surface area contributed by atoms with E-state index in [0.717, 1.165) is 11.1 Å². The van der Waals surface area contributed by atoms with Crippen molar-refractivity contribution < 1.29 is 13.4 Å². The quantitative estimate of drug-likeness (QED) is 0.564. The predicted molar refractivity (Wildman–Crippen MR) is 113 cm³/mol. The van der Waals surface area contributed by atoms with Crippen LogP contribution in [0.2, 0.25) is 0 Å². The van der Waals surface area contributed by atoms with Gasteiger partial charge in [-0.25, -0.2) is 9.37 Å². The highest BCUT2D eigenvalue weighted by molar-refractivity contribution is 9.10. The largest absolute Gasteiger partial charge is 0.303 e. The van der Waals surface area contributed by atoms with Gasteiger partial charge in [0.1, 0.15) is 11.5 Å². The number of benzene rings is 1. The first-order chi connectivity index (χ1) is 12.5. The standard InChI is InChI=1S/C20H20BrFN2O2S/c1-12-5-6-24-17(10-15(25)11-27(3,4)26)20(23-18(24)7-12)19-13(2)8-14(21)9-16(19)22/h5-9,11H,10H2,1-4H3. The number of ketones is 1. The number of hydrogen-bond acceptors (Lipinski definition) is 3. The van der Waals surface area contributed by atoms with E-state index in [1.54, 1.807) is 11.3 Å². The van der Waals surface area contributed by atoms with Crippen molar-refractivity contribution in [3.8, 4) is 11.3 Å². The molecule has 0 atom stereocenters. The average Bonchev–Trinajstić information content (AvgIpc) is 2.81. The van der Waals surface area contributed by atoms with Gasteiger partial charge in [-0.2, -0.15) is 0 Å². The van der Waals surface area contributed by atoms with E-state index in [1.165, 1.54) is 23.9 Å². The van der Waals surface area contributed by atoms with E-state index in [1.807, 2.05) is 31.3 Å². The van der Waals surface area contributed by atoms with Crippen LogP contribution in [0.25, 0.3) is 16.9 Å². The molecule has 0 fully saturated rings. The number of halogens is 2. The van der Waals surface area contributed by atoms with E-state index in [-0.39, 0.29) is 12.2 Å². The molecule has 2 heterocycles. The lowest BCUT2D eigenvalue weighted by molar-refractivity contribution is -0.111. The van der Waals surface area contributed by atoms with Gasteiger partial charge >= 0.3 is 0 Å². The Labute approximate surface area is 166 Å². The second kappa shape index (κ2) is 7.20. The van der Waals surface area contributed by atoms with E-state index in [4.69, 9.17) is 0 Å². The second-order valence-corrected chi connectivity index (χ2v) is 10.8. The number of nitrogens with zero attached hydrogens (tertiary/aromatic N) is 2. The van der Waals surface area contributed by atoms with Gasteiger partial charge in [0.25, 0.3) is 0 Å². The summed E-state index contributed by atoms with van der Waals surface area (Å²) < 4.78 is 29.2. The van der Waals surface area contributed by atoms with Crippen molar-refractivity contribution in [3.05, 3.63) is 57.6 Å². The first-order valence-corrected chi connectivity index (χ1v) is 11.5. The first-order valence-electron chi connectivity index (χ1n) is 8.30. The summed E-state index contributed by atoms with van der Waals surface area (Å²) in [4.78, 5) is 17.1. The highest BCUT2D eigenvalue weighted by Crippen LogP contribution is 2.32. The molecule has 0 amide bonds. The highest BCUT2D eigenvalue weighted by Gasteiger charge is 2.21. The molecule has 3 aromatic rings. The van der Waals surface area contributed by atoms with Gasteiger partial charge in [0, 0.05) is 34.1 Å². The minimum atomic E-state index is -2.32. The average molecular weight is 451 g/mol. The fraction of sp³-hybridized carbons (Fsp3) is 0.250. The minimum absolute atomic E-state index is 0.00677. The van der Waals surface area contributed by atoms with Crippen LogP contribution in [0.1, 0.15) is 16.8 Å². The molecule has 0 saturated carbocycles. The van der Waals surface area contributed by atoms with Crippen LogP contribution in [-0.4, -0.2) is 37.3 Å². The molecule has 0 spiro atoms. The number of rotatable bonds is 4. The molecule has 4 nitrogen and oxygen atoms in total. The number of hydrogen-bond donors (Lipinski definition) is 0. The third-order valence-electron chi connectivity index (χ3n) is 4.13. The summed E-state index contributed by atoms with van der Waals surface area (Å²) in [6.07, 6.45) is 4.85. The van der Waals surface area contributed by atoms with Crippen LogP contribution in [0.15, 0.2) is 34.9 Å². The van der Waals surface area contributed by atoms with Gasteiger partial charge in [0.2, 0.25) is 0 Å². The number of Topliss-reactive ketones (excluding diaryl/α,β-unsaturated/α-hetero) is 1. The van der Waals surface area contributed by atoms with Crippen LogP contribution >= 0.6 is 15.9 Å². The number of carbonyl (C=O) groups is 1. The maximum absolute atomic E-state index is 14.8. The predicted octanol–water partition coefficient (Wildman–Crippen LogP) is 3.98. The molecule has 1 aromatic carbocycles. The fourth-order valence-electron chi connectivity index (χ4n) is 3.09. The summed E-state index contributed by atoms with van der Waals surface area (Å²) in [5.41, 5.74) is 3.76. The Balaban J connectivity index is 2.27. The summed E-state index contributed by atoms with van der Waals surface area (Å²) in [7, 11) is -2.32. The lowest BCUT2D eigenvalue weighted by Gasteiger charge is -2.09. The molecule has 27 heavy (non-hydrogen) atoms. The Kier molecular flexibility index (Phi) is 5.27. The van der Waals surface area contributed by atoms with Crippen LogP contribution in [0.4, 0.5) is 4.39 Å². The smallest absolute Gasteiger partial charge is 0.169 e. The van der Waals surface area contributed by atoms with Crippen LogP contribution in [0.3, 0.4) is 0 Å². The summed E-state index contributed by atoms with van der Waals surface area (Å²) in [5.74, 6) is -0.682. The number of aryl methyl sites for hydroxylation is 2. The van der Waals surface area contributed by atoms with Crippen molar-refractivity contribution >= 4 is 42.2 Å².